The Morgan fingerprint density at radius 2 is 2.13 bits per heavy atom. The lowest BCUT2D eigenvalue weighted by molar-refractivity contribution is 1.37. The number of rotatable bonds is 1. The van der Waals surface area contributed by atoms with Gasteiger partial charge in [0, 0.05) is 24.2 Å². The minimum atomic E-state index is 0.497. The van der Waals surface area contributed by atoms with Crippen LogP contribution < -0.4 is 0 Å². The number of hydrogen-bond acceptors (Lipinski definition) is 2. The molecule has 0 aliphatic carbocycles. The summed E-state index contributed by atoms with van der Waals surface area (Å²) in [5.74, 6) is 0. The molecular weight excluding hydrogens is 208 g/mol. The first kappa shape index (κ1) is 10.1. The van der Waals surface area contributed by atoms with Crippen LogP contribution in [0, 0.1) is 6.92 Å². The number of aromatic nitrogens is 1. The van der Waals surface area contributed by atoms with Crippen LogP contribution in [0.5, 0.6) is 0 Å². The average molecular weight is 219 g/mol. The molecule has 15 heavy (non-hydrogen) atoms. The van der Waals surface area contributed by atoms with E-state index in [0.29, 0.717) is 5.15 Å². The maximum atomic E-state index is 6.02. The van der Waals surface area contributed by atoms with Gasteiger partial charge in [0.1, 0.15) is 5.15 Å². The molecule has 0 unspecified atom stereocenters. The van der Waals surface area contributed by atoms with Crippen LogP contribution in [-0.2, 0) is 0 Å². The second-order valence-corrected chi connectivity index (χ2v) is 3.81. The number of halogens is 1. The normalized spacial score (nSPS) is 11.4. The third-order valence-corrected chi connectivity index (χ3v) is 2.52. The number of benzene rings is 1. The van der Waals surface area contributed by atoms with Gasteiger partial charge in [-0.15, -0.1) is 0 Å². The Balaban J connectivity index is 2.71. The van der Waals surface area contributed by atoms with Gasteiger partial charge in [0.15, 0.2) is 0 Å². The van der Waals surface area contributed by atoms with Gasteiger partial charge < -0.3 is 0 Å². The molecule has 0 saturated carbocycles. The van der Waals surface area contributed by atoms with Crippen molar-refractivity contribution in [3.05, 3.63) is 40.5 Å². The third kappa shape index (κ3) is 2.00. The lowest BCUT2D eigenvalue weighted by Crippen LogP contribution is -1.89. The van der Waals surface area contributed by atoms with Gasteiger partial charge in [-0.05, 0) is 25.1 Å². The molecule has 0 aliphatic rings. The van der Waals surface area contributed by atoms with Crippen LogP contribution in [-0.4, -0.2) is 18.2 Å². The van der Waals surface area contributed by atoms with Crippen LogP contribution in [0.25, 0.3) is 10.9 Å². The molecule has 0 spiro atoms. The smallest absolute Gasteiger partial charge is 0.138 e. The van der Waals surface area contributed by atoms with Crippen LogP contribution in [0.15, 0.2) is 29.3 Å². The van der Waals surface area contributed by atoms with Crippen molar-refractivity contribution in [2.75, 3.05) is 7.05 Å². The van der Waals surface area contributed by atoms with Crippen LogP contribution in [0.4, 0.5) is 0 Å². The molecule has 0 N–H and O–H groups in total. The fourth-order valence-electron chi connectivity index (χ4n) is 1.52. The van der Waals surface area contributed by atoms with E-state index < -0.39 is 0 Å². The van der Waals surface area contributed by atoms with Gasteiger partial charge in [0.25, 0.3) is 0 Å². The minimum absolute atomic E-state index is 0.497. The molecule has 1 aromatic heterocycles. The van der Waals surface area contributed by atoms with Crippen LogP contribution in [0.2, 0.25) is 5.15 Å². The Hall–Kier alpha value is -1.41. The highest BCUT2D eigenvalue weighted by molar-refractivity contribution is 6.32. The first-order valence-electron chi connectivity index (χ1n) is 4.70. The molecule has 0 fully saturated rings. The van der Waals surface area contributed by atoms with E-state index in [2.05, 4.69) is 23.0 Å². The molecule has 3 heteroatoms. The summed E-state index contributed by atoms with van der Waals surface area (Å²) in [4.78, 5) is 8.26. The number of aryl methyl sites for hydroxylation is 1. The number of fused-ring (bicyclic) bond motifs is 1. The minimum Gasteiger partial charge on any atom is -0.296 e. The number of nitrogens with zero attached hydrogens (tertiary/aromatic N) is 2. The number of hydrogen-bond donors (Lipinski definition) is 0. The van der Waals surface area contributed by atoms with Crippen LogP contribution >= 0.6 is 11.6 Å². The molecule has 76 valence electrons. The number of pyridine rings is 1. The van der Waals surface area contributed by atoms with Gasteiger partial charge in [-0.3, -0.25) is 4.99 Å². The lowest BCUT2D eigenvalue weighted by Gasteiger charge is -2.02. The fraction of sp³-hybridized carbons (Fsp3) is 0.167. The predicted octanol–water partition coefficient (Wildman–Crippen LogP) is 3.25. The summed E-state index contributed by atoms with van der Waals surface area (Å²) in [5, 5.41) is 1.59. The van der Waals surface area contributed by atoms with Gasteiger partial charge in [-0.25, -0.2) is 4.98 Å². The van der Waals surface area contributed by atoms with E-state index in [-0.39, 0.29) is 0 Å². The van der Waals surface area contributed by atoms with Crippen LogP contribution in [0.1, 0.15) is 11.1 Å². The second kappa shape index (κ2) is 3.99. The van der Waals surface area contributed by atoms with E-state index in [9.17, 15) is 0 Å². The molecule has 2 aromatic rings. The second-order valence-electron chi connectivity index (χ2n) is 3.45. The fourth-order valence-corrected chi connectivity index (χ4v) is 1.71. The molecule has 0 atom stereocenters. The van der Waals surface area contributed by atoms with Crippen molar-refractivity contribution < 1.29 is 0 Å². The molecule has 2 rings (SSSR count). The summed E-state index contributed by atoms with van der Waals surface area (Å²) in [7, 11) is 1.72. The van der Waals surface area contributed by atoms with Gasteiger partial charge in [-0.1, -0.05) is 23.2 Å². The molecule has 0 saturated heterocycles. The van der Waals surface area contributed by atoms with Crippen molar-refractivity contribution in [2.45, 2.75) is 6.92 Å². The Morgan fingerprint density at radius 3 is 2.87 bits per heavy atom. The van der Waals surface area contributed by atoms with E-state index in [1.807, 2.05) is 18.2 Å². The van der Waals surface area contributed by atoms with Gasteiger partial charge in [0.05, 0.1) is 5.52 Å². The number of aliphatic imine (C=N–C) groups is 1. The van der Waals surface area contributed by atoms with Crippen molar-refractivity contribution in [3.63, 3.8) is 0 Å². The summed E-state index contributed by atoms with van der Waals surface area (Å²) in [6.45, 7) is 2.06. The van der Waals surface area contributed by atoms with E-state index in [1.165, 1.54) is 5.56 Å². The van der Waals surface area contributed by atoms with Gasteiger partial charge in [-0.2, -0.15) is 0 Å². The van der Waals surface area contributed by atoms with Gasteiger partial charge >= 0.3 is 0 Å². The molecule has 0 amide bonds. The van der Waals surface area contributed by atoms with Gasteiger partial charge in [0.2, 0.25) is 0 Å². The van der Waals surface area contributed by atoms with Crippen molar-refractivity contribution in [1.82, 2.24) is 4.98 Å². The van der Waals surface area contributed by atoms with E-state index in [1.54, 1.807) is 13.3 Å². The average Bonchev–Trinajstić information content (AvgIpc) is 2.20. The summed E-state index contributed by atoms with van der Waals surface area (Å²) in [6, 6.07) is 8.10. The molecule has 0 bridgehead atoms. The van der Waals surface area contributed by atoms with Crippen molar-refractivity contribution >= 4 is 28.7 Å². The molecule has 0 radical (unpaired) electrons. The Morgan fingerprint density at radius 1 is 1.33 bits per heavy atom. The zero-order valence-electron chi connectivity index (χ0n) is 8.66. The summed E-state index contributed by atoms with van der Waals surface area (Å²) >= 11 is 6.02. The largest absolute Gasteiger partial charge is 0.296 e. The highest BCUT2D eigenvalue weighted by Gasteiger charge is 2.02. The topological polar surface area (TPSA) is 25.2 Å². The van der Waals surface area contributed by atoms with E-state index in [0.717, 1.165) is 16.5 Å². The van der Waals surface area contributed by atoms with Crippen LogP contribution in [0.3, 0.4) is 0 Å². The summed E-state index contributed by atoms with van der Waals surface area (Å²) < 4.78 is 0. The first-order valence-corrected chi connectivity index (χ1v) is 5.07. The lowest BCUT2D eigenvalue weighted by atomic mass is 10.1. The maximum Gasteiger partial charge on any atom is 0.138 e. The Bertz CT molecular complexity index is 532. The standard InChI is InChI=1S/C12H11ClN2/c1-8-3-4-11-9(5-8)6-10(7-14-2)12(13)15-11/h3-7H,1-2H3/b14-7+. The van der Waals surface area contributed by atoms with Crippen molar-refractivity contribution in [2.24, 2.45) is 4.99 Å². The van der Waals surface area contributed by atoms with E-state index >= 15 is 0 Å². The first-order chi connectivity index (χ1) is 7.20. The molecule has 1 aromatic carbocycles. The predicted molar refractivity (Wildman–Crippen MR) is 65.0 cm³/mol. The van der Waals surface area contributed by atoms with Crippen molar-refractivity contribution in [3.8, 4) is 0 Å². The van der Waals surface area contributed by atoms with Crippen molar-refractivity contribution in [1.29, 1.82) is 0 Å². The summed E-state index contributed by atoms with van der Waals surface area (Å²) in [6.07, 6.45) is 1.72. The highest BCUT2D eigenvalue weighted by Crippen LogP contribution is 2.20. The molecule has 2 nitrogen and oxygen atoms in total. The molecular formula is C12H11ClN2. The highest BCUT2D eigenvalue weighted by atomic mass is 35.5. The SMILES string of the molecule is C/N=C/c1cc2cc(C)ccc2nc1Cl. The third-order valence-electron chi connectivity index (χ3n) is 2.22. The zero-order chi connectivity index (χ0) is 10.8. The quantitative estimate of drug-likeness (QED) is 0.533. The Kier molecular flexibility index (Phi) is 2.69. The molecule has 1 heterocycles. The monoisotopic (exact) mass is 218 g/mol. The maximum absolute atomic E-state index is 6.02. The zero-order valence-corrected chi connectivity index (χ0v) is 9.42. The molecule has 0 aliphatic heterocycles. The summed E-state index contributed by atoms with van der Waals surface area (Å²) in [5.41, 5.74) is 2.99. The Labute approximate surface area is 93.6 Å². The van der Waals surface area contributed by atoms with E-state index in [4.69, 9.17) is 11.6 Å².